The number of fused-ring (bicyclic) bond motifs is 1. The van der Waals surface area contributed by atoms with Crippen LogP contribution < -0.4 is 5.32 Å². The van der Waals surface area contributed by atoms with Crippen LogP contribution in [0.1, 0.15) is 49.7 Å². The number of nitrogens with zero attached hydrogens (tertiary/aromatic N) is 1. The molecule has 0 aromatic heterocycles. The molecule has 1 aliphatic heterocycles. The molecule has 2 amide bonds. The van der Waals surface area contributed by atoms with Crippen LogP contribution in [-0.4, -0.2) is 36.3 Å². The van der Waals surface area contributed by atoms with E-state index in [4.69, 9.17) is 0 Å². The Hall–Kier alpha value is -1.84. The molecule has 4 heteroatoms. The fourth-order valence-electron chi connectivity index (χ4n) is 3.87. The molecule has 124 valence electrons. The molecule has 23 heavy (non-hydrogen) atoms. The first-order valence-electron chi connectivity index (χ1n) is 8.73. The molecular formula is C19H26N2O2. The van der Waals surface area contributed by atoms with E-state index < -0.39 is 0 Å². The highest BCUT2D eigenvalue weighted by Crippen LogP contribution is 2.35. The molecule has 3 rings (SSSR count). The average Bonchev–Trinajstić information content (AvgIpc) is 2.96. The van der Waals surface area contributed by atoms with E-state index in [9.17, 15) is 9.59 Å². The second-order valence-corrected chi connectivity index (χ2v) is 6.90. The van der Waals surface area contributed by atoms with E-state index in [1.54, 1.807) is 6.92 Å². The van der Waals surface area contributed by atoms with E-state index in [2.05, 4.69) is 29.6 Å². The van der Waals surface area contributed by atoms with Crippen molar-refractivity contribution in [3.05, 3.63) is 35.4 Å². The highest BCUT2D eigenvalue weighted by Gasteiger charge is 2.28. The van der Waals surface area contributed by atoms with Gasteiger partial charge in [-0.25, -0.2) is 0 Å². The first-order chi connectivity index (χ1) is 11.1. The lowest BCUT2D eigenvalue weighted by atomic mass is 9.94. The van der Waals surface area contributed by atoms with Crippen LogP contribution in [0.15, 0.2) is 24.3 Å². The minimum atomic E-state index is 0.0309. The van der Waals surface area contributed by atoms with Crippen molar-refractivity contribution in [1.82, 2.24) is 10.2 Å². The van der Waals surface area contributed by atoms with Crippen molar-refractivity contribution < 1.29 is 9.59 Å². The first-order valence-corrected chi connectivity index (χ1v) is 8.73. The second kappa shape index (κ2) is 7.16. The minimum Gasteiger partial charge on any atom is -0.356 e. The van der Waals surface area contributed by atoms with Gasteiger partial charge in [0.25, 0.3) is 0 Å². The Morgan fingerprint density at radius 2 is 1.91 bits per heavy atom. The molecule has 1 heterocycles. The normalized spacial score (nSPS) is 21.1. The number of piperidine rings is 1. The highest BCUT2D eigenvalue weighted by atomic mass is 16.2. The molecule has 1 aliphatic carbocycles. The van der Waals surface area contributed by atoms with Gasteiger partial charge < -0.3 is 10.2 Å². The van der Waals surface area contributed by atoms with E-state index in [0.717, 1.165) is 45.3 Å². The number of amides is 2. The molecule has 0 spiro atoms. The second-order valence-electron chi connectivity index (χ2n) is 6.90. The van der Waals surface area contributed by atoms with Gasteiger partial charge in [0.2, 0.25) is 11.8 Å². The van der Waals surface area contributed by atoms with Gasteiger partial charge in [0.05, 0.1) is 0 Å². The number of aryl methyl sites for hydroxylation is 1. The van der Waals surface area contributed by atoms with Gasteiger partial charge in [-0.05, 0) is 48.6 Å². The van der Waals surface area contributed by atoms with Crippen LogP contribution in [0.25, 0.3) is 0 Å². The van der Waals surface area contributed by atoms with Gasteiger partial charge in [0.15, 0.2) is 0 Å². The van der Waals surface area contributed by atoms with Gasteiger partial charge in [-0.1, -0.05) is 24.3 Å². The molecule has 1 N–H and O–H groups in total. The van der Waals surface area contributed by atoms with Gasteiger partial charge in [0.1, 0.15) is 0 Å². The Labute approximate surface area is 138 Å². The number of carbonyl (C=O) groups is 2. The number of nitrogens with one attached hydrogen (secondary N) is 1. The number of hydrogen-bond donors (Lipinski definition) is 1. The van der Waals surface area contributed by atoms with Gasteiger partial charge in [-0.15, -0.1) is 0 Å². The zero-order chi connectivity index (χ0) is 16.2. The Kier molecular flexibility index (Phi) is 4.99. The third-order valence-corrected chi connectivity index (χ3v) is 5.28. The number of benzene rings is 1. The zero-order valence-electron chi connectivity index (χ0n) is 13.9. The monoisotopic (exact) mass is 314 g/mol. The van der Waals surface area contributed by atoms with Crippen molar-refractivity contribution in [1.29, 1.82) is 0 Å². The van der Waals surface area contributed by atoms with Crippen LogP contribution in [0.2, 0.25) is 0 Å². The zero-order valence-corrected chi connectivity index (χ0v) is 13.9. The molecule has 0 saturated carbocycles. The van der Waals surface area contributed by atoms with Crippen molar-refractivity contribution in [2.75, 3.05) is 19.6 Å². The average molecular weight is 314 g/mol. The third kappa shape index (κ3) is 3.92. The Balaban J connectivity index is 1.48. The molecule has 1 saturated heterocycles. The van der Waals surface area contributed by atoms with Gasteiger partial charge in [-0.3, -0.25) is 9.59 Å². The molecule has 0 bridgehead atoms. The van der Waals surface area contributed by atoms with Crippen LogP contribution in [-0.2, 0) is 16.0 Å². The van der Waals surface area contributed by atoms with Gasteiger partial charge in [-0.2, -0.15) is 0 Å². The van der Waals surface area contributed by atoms with Crippen LogP contribution in [0, 0.1) is 5.92 Å². The predicted molar refractivity (Wildman–Crippen MR) is 90.1 cm³/mol. The van der Waals surface area contributed by atoms with Crippen molar-refractivity contribution in [2.24, 2.45) is 5.92 Å². The van der Waals surface area contributed by atoms with Crippen molar-refractivity contribution in [3.8, 4) is 0 Å². The van der Waals surface area contributed by atoms with Crippen LogP contribution in [0.5, 0.6) is 0 Å². The molecule has 1 aromatic rings. The summed E-state index contributed by atoms with van der Waals surface area (Å²) in [6.07, 6.45) is 4.84. The summed E-state index contributed by atoms with van der Waals surface area (Å²) in [6, 6.07) is 8.53. The number of rotatable bonds is 4. The SMILES string of the molecule is CC(=O)NCC1CCN(C(=O)C[C@H]2CCc3ccccc32)CC1. The summed E-state index contributed by atoms with van der Waals surface area (Å²) in [4.78, 5) is 25.6. The molecule has 1 atom stereocenters. The molecule has 0 radical (unpaired) electrons. The number of hydrogen-bond acceptors (Lipinski definition) is 2. The number of likely N-dealkylation sites (tertiary alicyclic amines) is 1. The minimum absolute atomic E-state index is 0.0309. The third-order valence-electron chi connectivity index (χ3n) is 5.28. The van der Waals surface area contributed by atoms with E-state index in [0.29, 0.717) is 24.2 Å². The Morgan fingerprint density at radius 3 is 2.65 bits per heavy atom. The maximum Gasteiger partial charge on any atom is 0.223 e. The standard InChI is InChI=1S/C19H26N2O2/c1-14(22)20-13-15-8-10-21(11-9-15)19(23)12-17-7-6-16-4-2-3-5-18(16)17/h2-5,15,17H,6-13H2,1H3,(H,20,22)/t17-/m1/s1. The lowest BCUT2D eigenvalue weighted by Crippen LogP contribution is -2.41. The largest absolute Gasteiger partial charge is 0.356 e. The number of carbonyl (C=O) groups excluding carboxylic acids is 2. The maximum atomic E-state index is 12.6. The lowest BCUT2D eigenvalue weighted by Gasteiger charge is -2.32. The molecular weight excluding hydrogens is 288 g/mol. The van der Waals surface area contributed by atoms with Crippen LogP contribution >= 0.6 is 0 Å². The highest BCUT2D eigenvalue weighted by molar-refractivity contribution is 5.77. The quantitative estimate of drug-likeness (QED) is 0.928. The smallest absolute Gasteiger partial charge is 0.223 e. The summed E-state index contributed by atoms with van der Waals surface area (Å²) in [7, 11) is 0. The van der Waals surface area contributed by atoms with Gasteiger partial charge >= 0.3 is 0 Å². The Morgan fingerprint density at radius 1 is 1.17 bits per heavy atom. The molecule has 1 aromatic carbocycles. The first kappa shape index (κ1) is 16.0. The maximum absolute atomic E-state index is 12.6. The van der Waals surface area contributed by atoms with Crippen molar-refractivity contribution >= 4 is 11.8 Å². The summed E-state index contributed by atoms with van der Waals surface area (Å²) < 4.78 is 0. The van der Waals surface area contributed by atoms with Gasteiger partial charge in [0, 0.05) is 33.0 Å². The summed E-state index contributed by atoms with van der Waals surface area (Å²) >= 11 is 0. The fourth-order valence-corrected chi connectivity index (χ4v) is 3.87. The van der Waals surface area contributed by atoms with Crippen molar-refractivity contribution in [3.63, 3.8) is 0 Å². The summed E-state index contributed by atoms with van der Waals surface area (Å²) in [5, 5.41) is 2.89. The van der Waals surface area contributed by atoms with Crippen LogP contribution in [0.3, 0.4) is 0 Å². The summed E-state index contributed by atoms with van der Waals surface area (Å²) in [6.45, 7) is 3.96. The molecule has 4 nitrogen and oxygen atoms in total. The van der Waals surface area contributed by atoms with E-state index in [-0.39, 0.29) is 5.91 Å². The molecule has 0 unspecified atom stereocenters. The summed E-state index contributed by atoms with van der Waals surface area (Å²) in [5.41, 5.74) is 2.79. The van der Waals surface area contributed by atoms with E-state index in [1.165, 1.54) is 11.1 Å². The predicted octanol–water partition coefficient (Wildman–Crippen LogP) is 2.48. The topological polar surface area (TPSA) is 49.4 Å². The van der Waals surface area contributed by atoms with E-state index in [1.807, 2.05) is 4.90 Å². The van der Waals surface area contributed by atoms with E-state index >= 15 is 0 Å². The molecule has 2 aliphatic rings. The molecule has 1 fully saturated rings. The fraction of sp³-hybridized carbons (Fsp3) is 0.579. The lowest BCUT2D eigenvalue weighted by molar-refractivity contribution is -0.133. The van der Waals surface area contributed by atoms with Crippen molar-refractivity contribution in [2.45, 2.75) is 44.9 Å². The van der Waals surface area contributed by atoms with Crippen LogP contribution in [0.4, 0.5) is 0 Å². The Bertz CT molecular complexity index is 576. The summed E-state index contributed by atoms with van der Waals surface area (Å²) in [5.74, 6) is 1.24.